The fourth-order valence-corrected chi connectivity index (χ4v) is 2.90. The Morgan fingerprint density at radius 2 is 1.54 bits per heavy atom. The zero-order chi connectivity index (χ0) is 26.8. The molecule has 1 aromatic rings. The first kappa shape index (κ1) is 32.1. The second-order valence-electron chi connectivity index (χ2n) is 7.22. The molecule has 35 heavy (non-hydrogen) atoms. The highest BCUT2D eigenvalue weighted by Crippen LogP contribution is 2.25. The van der Waals surface area contributed by atoms with Crippen LogP contribution >= 0.6 is 11.6 Å². The first-order chi connectivity index (χ1) is 16.5. The van der Waals surface area contributed by atoms with Gasteiger partial charge >= 0.3 is 23.9 Å². The van der Waals surface area contributed by atoms with Gasteiger partial charge in [0.15, 0.2) is 0 Å². The summed E-state index contributed by atoms with van der Waals surface area (Å²) < 4.78 is 11.2. The number of benzene rings is 1. The molecule has 0 spiro atoms. The fraction of sp³-hybridized carbons (Fsp3) is 0.545. The van der Waals surface area contributed by atoms with E-state index in [9.17, 15) is 19.2 Å². The second kappa shape index (κ2) is 18.4. The number of carboxylic acids is 4. The van der Waals surface area contributed by atoms with Crippen molar-refractivity contribution in [3.8, 4) is 5.75 Å². The van der Waals surface area contributed by atoms with Crippen LogP contribution in [0.4, 0.5) is 0 Å². The number of hydrogen-bond acceptors (Lipinski definition) is 8. The van der Waals surface area contributed by atoms with Crippen molar-refractivity contribution in [2.75, 3.05) is 32.8 Å². The van der Waals surface area contributed by atoms with Gasteiger partial charge in [0, 0.05) is 36.8 Å². The van der Waals surface area contributed by atoms with E-state index in [4.69, 9.17) is 47.2 Å². The minimum Gasteiger partial charge on any atom is -0.494 e. The summed E-state index contributed by atoms with van der Waals surface area (Å²) in [4.78, 5) is 40.9. The molecule has 0 bridgehead atoms. The number of carbonyl (C=O) groups is 4. The molecule has 1 aromatic carbocycles. The summed E-state index contributed by atoms with van der Waals surface area (Å²) >= 11 is 6.07. The number of carboxylic acid groups (broad SMARTS) is 4. The molecule has 1 atom stereocenters. The van der Waals surface area contributed by atoms with Crippen molar-refractivity contribution < 1.29 is 49.1 Å². The van der Waals surface area contributed by atoms with Gasteiger partial charge in [-0.1, -0.05) is 11.6 Å². The van der Waals surface area contributed by atoms with Gasteiger partial charge in [0.2, 0.25) is 0 Å². The molecule has 198 valence electrons. The highest BCUT2D eigenvalue weighted by molar-refractivity contribution is 6.30. The van der Waals surface area contributed by atoms with E-state index < -0.39 is 23.9 Å². The van der Waals surface area contributed by atoms with E-state index >= 15 is 0 Å². The fourth-order valence-electron chi connectivity index (χ4n) is 2.70. The third-order valence-corrected chi connectivity index (χ3v) is 4.54. The highest BCUT2D eigenvalue weighted by Gasteiger charge is 2.20. The maximum atomic E-state index is 9.64. The Labute approximate surface area is 208 Å². The lowest BCUT2D eigenvalue weighted by atomic mass is 10.1. The predicted molar refractivity (Wildman–Crippen MR) is 126 cm³/mol. The number of nitrogens with two attached hydrogens (primary N) is 1. The maximum absolute atomic E-state index is 9.64. The molecular weight excluding hydrogens is 488 g/mol. The topological polar surface area (TPSA) is 197 Å². The van der Waals surface area contributed by atoms with Crippen molar-refractivity contribution in [3.05, 3.63) is 28.8 Å². The Kier molecular flexibility index (Phi) is 16.9. The van der Waals surface area contributed by atoms with Crippen molar-refractivity contribution in [3.63, 3.8) is 0 Å². The minimum absolute atomic E-state index is 0.128. The zero-order valence-corrected chi connectivity index (χ0v) is 20.3. The molecule has 0 unspecified atom stereocenters. The Balaban J connectivity index is 0.000000601. The molecule has 6 N–H and O–H groups in total. The zero-order valence-electron chi connectivity index (χ0n) is 19.5. The predicted octanol–water partition coefficient (Wildman–Crippen LogP) is 1.77. The first-order valence-electron chi connectivity index (χ1n) is 10.8. The Morgan fingerprint density at radius 1 is 1.03 bits per heavy atom. The van der Waals surface area contributed by atoms with Crippen LogP contribution in [0.5, 0.6) is 5.75 Å². The van der Waals surface area contributed by atoms with Gasteiger partial charge < -0.3 is 35.6 Å². The quantitative estimate of drug-likeness (QED) is 0.284. The lowest BCUT2D eigenvalue weighted by molar-refractivity contribution is -0.143. The third kappa shape index (κ3) is 17.2. The Hall–Kier alpha value is -2.93. The van der Waals surface area contributed by atoms with Crippen molar-refractivity contribution in [2.24, 2.45) is 5.73 Å². The minimum atomic E-state index is -1.08. The van der Waals surface area contributed by atoms with Gasteiger partial charge in [-0.15, -0.1) is 0 Å². The number of rotatable bonds is 11. The highest BCUT2D eigenvalue weighted by atomic mass is 35.5. The summed E-state index contributed by atoms with van der Waals surface area (Å²) in [6.07, 6.45) is -1.06. The Morgan fingerprint density at radius 3 is 1.97 bits per heavy atom. The summed E-state index contributed by atoms with van der Waals surface area (Å²) in [5.74, 6) is -3.40. The van der Waals surface area contributed by atoms with Crippen LogP contribution in [0, 0.1) is 0 Å². The van der Waals surface area contributed by atoms with E-state index in [2.05, 4.69) is 4.90 Å². The van der Waals surface area contributed by atoms with Gasteiger partial charge in [-0.05, 0) is 25.1 Å². The molecule has 1 heterocycles. The summed E-state index contributed by atoms with van der Waals surface area (Å²) in [6, 6.07) is 5.76. The van der Waals surface area contributed by atoms with Gasteiger partial charge in [0.05, 0.1) is 45.0 Å². The van der Waals surface area contributed by atoms with Crippen molar-refractivity contribution in [2.45, 2.75) is 45.3 Å². The average Bonchev–Trinajstić information content (AvgIpc) is 2.79. The summed E-state index contributed by atoms with van der Waals surface area (Å²) in [7, 11) is 0. The van der Waals surface area contributed by atoms with Crippen LogP contribution in [0.1, 0.15) is 38.2 Å². The SMILES string of the molecule is CCOc1ccc(Cl)cc1CN1CCO[C@H](CN)C1.O=C(O)CCC(=O)O.O=C(O)CCC(=O)O. The molecule has 0 aliphatic carbocycles. The van der Waals surface area contributed by atoms with Crippen LogP contribution in [-0.2, 0) is 30.5 Å². The van der Waals surface area contributed by atoms with Crippen LogP contribution in [-0.4, -0.2) is 88.2 Å². The third-order valence-electron chi connectivity index (χ3n) is 4.31. The number of morpholine rings is 1. The van der Waals surface area contributed by atoms with E-state index in [1.807, 2.05) is 25.1 Å². The maximum Gasteiger partial charge on any atom is 0.303 e. The number of ether oxygens (including phenoxy) is 2. The molecule has 12 nitrogen and oxygen atoms in total. The number of nitrogens with zero attached hydrogens (tertiary/aromatic N) is 1. The van der Waals surface area contributed by atoms with E-state index in [1.54, 1.807) is 0 Å². The number of hydrogen-bond donors (Lipinski definition) is 5. The lowest BCUT2D eigenvalue weighted by Gasteiger charge is -2.32. The largest absolute Gasteiger partial charge is 0.494 e. The van der Waals surface area contributed by atoms with Crippen LogP contribution in [0.3, 0.4) is 0 Å². The molecule has 13 heteroatoms. The van der Waals surface area contributed by atoms with Crippen molar-refractivity contribution >= 4 is 35.5 Å². The smallest absolute Gasteiger partial charge is 0.303 e. The summed E-state index contributed by atoms with van der Waals surface area (Å²) in [5, 5.41) is 32.3. The van der Waals surface area contributed by atoms with Gasteiger partial charge in [0.25, 0.3) is 0 Å². The van der Waals surface area contributed by atoms with Gasteiger partial charge in [0.1, 0.15) is 5.75 Å². The second-order valence-corrected chi connectivity index (χ2v) is 7.66. The molecule has 1 aliphatic heterocycles. The van der Waals surface area contributed by atoms with E-state index in [-0.39, 0.29) is 31.8 Å². The molecule has 1 fully saturated rings. The molecule has 1 saturated heterocycles. The van der Waals surface area contributed by atoms with Crippen LogP contribution in [0.2, 0.25) is 5.02 Å². The van der Waals surface area contributed by atoms with E-state index in [0.29, 0.717) is 13.2 Å². The molecule has 1 aliphatic rings. The Bertz CT molecular complexity index is 765. The normalized spacial score (nSPS) is 15.0. The monoisotopic (exact) mass is 520 g/mol. The van der Waals surface area contributed by atoms with E-state index in [1.165, 1.54) is 0 Å². The standard InChI is InChI=1S/C14H21ClN2O2.2C4H6O4/c1-2-18-14-4-3-12(15)7-11(14)9-17-5-6-19-13(8-16)10-17;2*5-3(6)1-2-4(7)8/h3-4,7,13H,2,5-6,8-10,16H2,1H3;2*1-2H2,(H,5,6)(H,7,8)/t13-;;/m1../s1. The average molecular weight is 521 g/mol. The molecular formula is C22H33ClN2O10. The number of halogens is 1. The molecule has 0 saturated carbocycles. The molecule has 0 radical (unpaired) electrons. The van der Waals surface area contributed by atoms with Gasteiger partial charge in [-0.25, -0.2) is 0 Å². The van der Waals surface area contributed by atoms with Crippen molar-refractivity contribution in [1.29, 1.82) is 0 Å². The molecule has 2 rings (SSSR count). The van der Waals surface area contributed by atoms with Crippen LogP contribution in [0.25, 0.3) is 0 Å². The number of aliphatic carboxylic acids is 4. The molecule has 0 amide bonds. The van der Waals surface area contributed by atoms with Crippen molar-refractivity contribution in [1.82, 2.24) is 4.90 Å². The van der Waals surface area contributed by atoms with Crippen LogP contribution in [0.15, 0.2) is 18.2 Å². The first-order valence-corrected chi connectivity index (χ1v) is 11.2. The van der Waals surface area contributed by atoms with Crippen LogP contribution < -0.4 is 10.5 Å². The van der Waals surface area contributed by atoms with Gasteiger partial charge in [-0.3, -0.25) is 24.1 Å². The summed E-state index contributed by atoms with van der Waals surface area (Å²) in [6.45, 7) is 6.51. The molecule has 0 aromatic heterocycles. The van der Waals surface area contributed by atoms with E-state index in [0.717, 1.165) is 42.6 Å². The van der Waals surface area contributed by atoms with Gasteiger partial charge in [-0.2, -0.15) is 0 Å². The lowest BCUT2D eigenvalue weighted by Crippen LogP contribution is -2.45. The summed E-state index contributed by atoms with van der Waals surface area (Å²) in [5.41, 5.74) is 6.78.